The summed E-state index contributed by atoms with van der Waals surface area (Å²) in [4.78, 5) is 49.2. The molecule has 1 saturated heterocycles. The van der Waals surface area contributed by atoms with Gasteiger partial charge in [0.1, 0.15) is 18.1 Å². The van der Waals surface area contributed by atoms with Gasteiger partial charge in [0.05, 0.1) is 6.42 Å². The minimum atomic E-state index is -1.05. The van der Waals surface area contributed by atoms with Crippen LogP contribution in [0.1, 0.15) is 17.5 Å². The van der Waals surface area contributed by atoms with Crippen molar-refractivity contribution in [1.29, 1.82) is 0 Å². The summed E-state index contributed by atoms with van der Waals surface area (Å²) in [6, 6.07) is 11.2. The standard InChI is InChI=1S/C22H22Cl2N4O4/c23-14-7-6-13(15(24)10-14)9-16(20(25)30)26-19(29)11-18-22(32)27-17(21(31)28-18)8-12-4-2-1-3-5-12/h1-7,10,16-18H,8-9,11H2,(H2,25,30)(H,26,29)(H,27,32)(H,28,31)/t16-,17+,18+/m1/s1. The van der Waals surface area contributed by atoms with Crippen molar-refractivity contribution in [3.05, 3.63) is 69.7 Å². The molecular weight excluding hydrogens is 455 g/mol. The van der Waals surface area contributed by atoms with Crippen LogP contribution in [0.2, 0.25) is 10.0 Å². The van der Waals surface area contributed by atoms with Crippen molar-refractivity contribution in [2.45, 2.75) is 37.4 Å². The Hall–Kier alpha value is -3.10. The Kier molecular flexibility index (Phi) is 7.71. The van der Waals surface area contributed by atoms with Crippen LogP contribution in [-0.4, -0.2) is 41.8 Å². The summed E-state index contributed by atoms with van der Waals surface area (Å²) in [5.74, 6) is -2.23. The average molecular weight is 477 g/mol. The summed E-state index contributed by atoms with van der Waals surface area (Å²) in [7, 11) is 0. The van der Waals surface area contributed by atoms with E-state index in [1.807, 2.05) is 30.3 Å². The Morgan fingerprint density at radius 1 is 1.00 bits per heavy atom. The molecule has 0 unspecified atom stereocenters. The summed E-state index contributed by atoms with van der Waals surface area (Å²) in [6.07, 6.45) is 0.0517. The second kappa shape index (κ2) is 10.5. The first-order valence-electron chi connectivity index (χ1n) is 9.90. The molecule has 0 aliphatic carbocycles. The van der Waals surface area contributed by atoms with Gasteiger partial charge in [-0.2, -0.15) is 0 Å². The van der Waals surface area contributed by atoms with E-state index >= 15 is 0 Å². The van der Waals surface area contributed by atoms with E-state index < -0.39 is 35.8 Å². The second-order valence-electron chi connectivity index (χ2n) is 7.48. The van der Waals surface area contributed by atoms with Crippen LogP contribution in [0.25, 0.3) is 0 Å². The quantitative estimate of drug-likeness (QED) is 0.454. The van der Waals surface area contributed by atoms with Gasteiger partial charge in [0.2, 0.25) is 23.6 Å². The van der Waals surface area contributed by atoms with Crippen LogP contribution in [0.3, 0.4) is 0 Å². The van der Waals surface area contributed by atoms with Crippen LogP contribution < -0.4 is 21.7 Å². The van der Waals surface area contributed by atoms with Gasteiger partial charge in [0.25, 0.3) is 0 Å². The molecule has 2 aromatic carbocycles. The smallest absolute Gasteiger partial charge is 0.243 e. The maximum Gasteiger partial charge on any atom is 0.243 e. The molecule has 32 heavy (non-hydrogen) atoms. The van der Waals surface area contributed by atoms with Crippen LogP contribution in [0.5, 0.6) is 0 Å². The molecule has 0 radical (unpaired) electrons. The Morgan fingerprint density at radius 3 is 2.31 bits per heavy atom. The molecule has 0 spiro atoms. The molecule has 1 aliphatic rings. The maximum absolute atomic E-state index is 12.5. The highest BCUT2D eigenvalue weighted by molar-refractivity contribution is 6.35. The number of carbonyl (C=O) groups is 4. The zero-order chi connectivity index (χ0) is 23.3. The van der Waals surface area contributed by atoms with E-state index in [-0.39, 0.29) is 18.7 Å². The second-order valence-corrected chi connectivity index (χ2v) is 8.32. The number of hydrogen-bond acceptors (Lipinski definition) is 4. The number of nitrogens with one attached hydrogen (secondary N) is 3. The van der Waals surface area contributed by atoms with Crippen LogP contribution in [0.4, 0.5) is 0 Å². The average Bonchev–Trinajstić information content (AvgIpc) is 2.73. The third-order valence-corrected chi connectivity index (χ3v) is 5.64. The number of primary amides is 1. The van der Waals surface area contributed by atoms with Crippen molar-refractivity contribution in [2.75, 3.05) is 0 Å². The summed E-state index contributed by atoms with van der Waals surface area (Å²) >= 11 is 12.0. The predicted molar refractivity (Wildman–Crippen MR) is 120 cm³/mol. The lowest BCUT2D eigenvalue weighted by atomic mass is 10.0. The van der Waals surface area contributed by atoms with E-state index in [1.165, 1.54) is 6.07 Å². The van der Waals surface area contributed by atoms with Crippen LogP contribution in [0, 0.1) is 0 Å². The Labute approximate surface area is 194 Å². The first kappa shape index (κ1) is 23.6. The van der Waals surface area contributed by atoms with Gasteiger partial charge >= 0.3 is 0 Å². The fraction of sp³-hybridized carbons (Fsp3) is 0.273. The van der Waals surface area contributed by atoms with Crippen LogP contribution in [0.15, 0.2) is 48.5 Å². The molecule has 4 amide bonds. The van der Waals surface area contributed by atoms with E-state index in [9.17, 15) is 19.2 Å². The van der Waals surface area contributed by atoms with E-state index in [2.05, 4.69) is 16.0 Å². The monoisotopic (exact) mass is 476 g/mol. The number of halogens is 2. The zero-order valence-corrected chi connectivity index (χ0v) is 18.5. The first-order chi connectivity index (χ1) is 15.2. The summed E-state index contributed by atoms with van der Waals surface area (Å²) in [5, 5.41) is 8.49. The molecule has 1 fully saturated rings. The van der Waals surface area contributed by atoms with Gasteiger partial charge in [0.15, 0.2) is 0 Å². The molecule has 5 N–H and O–H groups in total. The largest absolute Gasteiger partial charge is 0.368 e. The first-order valence-corrected chi connectivity index (χ1v) is 10.7. The van der Waals surface area contributed by atoms with Gasteiger partial charge in [-0.1, -0.05) is 59.6 Å². The molecule has 0 saturated carbocycles. The summed E-state index contributed by atoms with van der Waals surface area (Å²) in [5.41, 5.74) is 6.89. The Balaban J connectivity index is 1.57. The van der Waals surface area contributed by atoms with Gasteiger partial charge < -0.3 is 21.7 Å². The van der Waals surface area contributed by atoms with E-state index in [4.69, 9.17) is 28.9 Å². The van der Waals surface area contributed by atoms with Gasteiger partial charge in [-0.05, 0) is 23.3 Å². The highest BCUT2D eigenvalue weighted by Gasteiger charge is 2.35. The number of amides is 4. The highest BCUT2D eigenvalue weighted by Crippen LogP contribution is 2.22. The normalized spacial score (nSPS) is 18.9. The van der Waals surface area contributed by atoms with Crippen molar-refractivity contribution < 1.29 is 19.2 Å². The number of nitrogens with two attached hydrogens (primary N) is 1. The molecule has 10 heteroatoms. The number of benzene rings is 2. The lowest BCUT2D eigenvalue weighted by Gasteiger charge is -2.29. The molecule has 8 nitrogen and oxygen atoms in total. The third-order valence-electron chi connectivity index (χ3n) is 5.06. The van der Waals surface area contributed by atoms with Gasteiger partial charge in [-0.3, -0.25) is 19.2 Å². The Bertz CT molecular complexity index is 1030. The highest BCUT2D eigenvalue weighted by atomic mass is 35.5. The SMILES string of the molecule is NC(=O)[C@@H](Cc1ccc(Cl)cc1Cl)NC(=O)C[C@@H]1NC(=O)[C@H](Cc2ccccc2)NC1=O. The predicted octanol–water partition coefficient (Wildman–Crippen LogP) is 1.12. The van der Waals surface area contributed by atoms with Gasteiger partial charge in [0, 0.05) is 22.9 Å². The lowest BCUT2D eigenvalue weighted by Crippen LogP contribution is -2.63. The molecule has 0 bridgehead atoms. The molecular formula is C22H22Cl2N4O4. The molecule has 3 rings (SSSR count). The maximum atomic E-state index is 12.5. The van der Waals surface area contributed by atoms with E-state index in [0.717, 1.165) is 5.56 Å². The Morgan fingerprint density at radius 2 is 1.66 bits per heavy atom. The fourth-order valence-electron chi connectivity index (χ4n) is 3.38. The van der Waals surface area contributed by atoms with Gasteiger partial charge in [-0.25, -0.2) is 0 Å². The molecule has 2 aromatic rings. The molecule has 1 aliphatic heterocycles. The zero-order valence-electron chi connectivity index (χ0n) is 16.9. The molecule has 1 heterocycles. The molecule has 168 valence electrons. The van der Waals surface area contributed by atoms with Crippen LogP contribution in [-0.2, 0) is 32.0 Å². The van der Waals surface area contributed by atoms with Crippen molar-refractivity contribution in [1.82, 2.24) is 16.0 Å². The van der Waals surface area contributed by atoms with Crippen molar-refractivity contribution >= 4 is 46.8 Å². The summed E-state index contributed by atoms with van der Waals surface area (Å²) < 4.78 is 0. The third kappa shape index (κ3) is 6.21. The van der Waals surface area contributed by atoms with E-state index in [1.54, 1.807) is 12.1 Å². The number of rotatable bonds is 8. The van der Waals surface area contributed by atoms with Crippen molar-refractivity contribution in [3.8, 4) is 0 Å². The number of piperazine rings is 1. The summed E-state index contributed by atoms with van der Waals surface area (Å²) in [6.45, 7) is 0. The lowest BCUT2D eigenvalue weighted by molar-refractivity contribution is -0.138. The van der Waals surface area contributed by atoms with E-state index in [0.29, 0.717) is 22.0 Å². The van der Waals surface area contributed by atoms with Gasteiger partial charge in [-0.15, -0.1) is 0 Å². The van der Waals surface area contributed by atoms with Crippen LogP contribution >= 0.6 is 23.2 Å². The minimum Gasteiger partial charge on any atom is -0.368 e. The van der Waals surface area contributed by atoms with Crippen molar-refractivity contribution in [2.24, 2.45) is 5.73 Å². The minimum absolute atomic E-state index is 0.0550. The van der Waals surface area contributed by atoms with Crippen molar-refractivity contribution in [3.63, 3.8) is 0 Å². The number of carbonyl (C=O) groups excluding carboxylic acids is 4. The molecule has 0 aromatic heterocycles. The topological polar surface area (TPSA) is 130 Å². The number of hydrogen-bond donors (Lipinski definition) is 4. The fourth-order valence-corrected chi connectivity index (χ4v) is 3.87. The molecule has 3 atom stereocenters.